The number of carbonyl (C=O) groups excluding carboxylic acids is 1. The summed E-state index contributed by atoms with van der Waals surface area (Å²) in [6, 6.07) is 7.17. The molecule has 0 spiro atoms. The van der Waals surface area contributed by atoms with Gasteiger partial charge in [0.2, 0.25) is 0 Å². The Morgan fingerprint density at radius 1 is 1.21 bits per heavy atom. The van der Waals surface area contributed by atoms with Crippen LogP contribution in [0.5, 0.6) is 0 Å². The first kappa shape index (κ1) is 14.4. The fraction of sp³-hybridized carbons (Fsp3) is 0.533. The predicted octanol–water partition coefficient (Wildman–Crippen LogP) is 1.53. The Bertz CT molecular complexity index is 416. The second-order valence-corrected chi connectivity index (χ2v) is 5.56. The molecule has 1 fully saturated rings. The molecule has 1 amide bonds. The zero-order valence-corrected chi connectivity index (χ0v) is 12.0. The zero-order chi connectivity index (χ0) is 13.5. The van der Waals surface area contributed by atoms with Gasteiger partial charge in [-0.15, -0.1) is 0 Å². The molecule has 1 aromatic rings. The van der Waals surface area contributed by atoms with E-state index in [0.717, 1.165) is 19.5 Å². The van der Waals surface area contributed by atoms with Crippen molar-refractivity contribution in [1.82, 2.24) is 5.32 Å². The van der Waals surface area contributed by atoms with Gasteiger partial charge in [-0.05, 0) is 31.4 Å². The van der Waals surface area contributed by atoms with Gasteiger partial charge < -0.3 is 10.2 Å². The number of piperidine rings is 1. The number of carbonyl (C=O) groups is 1. The Morgan fingerprint density at radius 3 is 2.68 bits per heavy atom. The van der Waals surface area contributed by atoms with Gasteiger partial charge in [-0.3, -0.25) is 4.79 Å². The smallest absolute Gasteiger partial charge is 0.252 e. The minimum absolute atomic E-state index is 0.0701. The fourth-order valence-electron chi connectivity index (χ4n) is 2.58. The molecule has 2 N–H and O–H groups in total. The standard InChI is InChI=1S/C15H21ClN2O/c16-14-8-3-2-7-13(14)15(19)17-9-6-12-18-10-4-1-5-11-18/h2-3,7-8H,1,4-6,9-12H2,(H,17,19)/p+1. The van der Waals surface area contributed by atoms with Crippen LogP contribution in [0.2, 0.25) is 5.02 Å². The number of benzene rings is 1. The molecule has 1 aliphatic rings. The summed E-state index contributed by atoms with van der Waals surface area (Å²) in [6.07, 6.45) is 5.11. The highest BCUT2D eigenvalue weighted by atomic mass is 35.5. The third-order valence-electron chi connectivity index (χ3n) is 3.67. The molecule has 4 heteroatoms. The summed E-state index contributed by atoms with van der Waals surface area (Å²) >= 11 is 5.99. The molecule has 0 radical (unpaired) electrons. The summed E-state index contributed by atoms with van der Waals surface area (Å²) in [5.74, 6) is -0.0701. The van der Waals surface area contributed by atoms with Crippen molar-refractivity contribution in [3.8, 4) is 0 Å². The minimum Gasteiger partial charge on any atom is -0.352 e. The molecule has 1 aromatic carbocycles. The van der Waals surface area contributed by atoms with Crippen LogP contribution in [-0.4, -0.2) is 32.1 Å². The molecule has 0 saturated carbocycles. The van der Waals surface area contributed by atoms with Gasteiger partial charge in [-0.25, -0.2) is 0 Å². The van der Waals surface area contributed by atoms with Crippen LogP contribution in [0.3, 0.4) is 0 Å². The molecule has 1 saturated heterocycles. The molecule has 0 bridgehead atoms. The van der Waals surface area contributed by atoms with Crippen molar-refractivity contribution in [2.24, 2.45) is 0 Å². The number of rotatable bonds is 5. The van der Waals surface area contributed by atoms with Crippen LogP contribution in [0.1, 0.15) is 36.0 Å². The van der Waals surface area contributed by atoms with E-state index in [0.29, 0.717) is 10.6 Å². The minimum atomic E-state index is -0.0701. The Labute approximate surface area is 119 Å². The lowest BCUT2D eigenvalue weighted by molar-refractivity contribution is -0.904. The van der Waals surface area contributed by atoms with Crippen LogP contribution in [-0.2, 0) is 0 Å². The van der Waals surface area contributed by atoms with Gasteiger partial charge in [-0.1, -0.05) is 23.7 Å². The van der Waals surface area contributed by atoms with Crippen LogP contribution >= 0.6 is 11.6 Å². The Balaban J connectivity index is 1.68. The van der Waals surface area contributed by atoms with Gasteiger partial charge in [0, 0.05) is 13.0 Å². The molecule has 0 unspecified atom stereocenters. The predicted molar refractivity (Wildman–Crippen MR) is 77.8 cm³/mol. The van der Waals surface area contributed by atoms with E-state index in [9.17, 15) is 4.79 Å². The molecule has 0 aliphatic carbocycles. The lowest BCUT2D eigenvalue weighted by Gasteiger charge is -2.23. The summed E-state index contributed by atoms with van der Waals surface area (Å²) in [7, 11) is 0. The highest BCUT2D eigenvalue weighted by Gasteiger charge is 2.13. The molecular formula is C15H22ClN2O+. The van der Waals surface area contributed by atoms with Crippen molar-refractivity contribution in [2.75, 3.05) is 26.2 Å². The lowest BCUT2D eigenvalue weighted by Crippen LogP contribution is -3.12. The van der Waals surface area contributed by atoms with Gasteiger partial charge >= 0.3 is 0 Å². The fourth-order valence-corrected chi connectivity index (χ4v) is 2.80. The van der Waals surface area contributed by atoms with E-state index in [4.69, 9.17) is 11.6 Å². The maximum Gasteiger partial charge on any atom is 0.252 e. The summed E-state index contributed by atoms with van der Waals surface area (Å²) in [5.41, 5.74) is 0.564. The Kier molecular flexibility index (Phi) is 5.67. The average molecular weight is 282 g/mol. The molecule has 104 valence electrons. The molecule has 3 nitrogen and oxygen atoms in total. The van der Waals surface area contributed by atoms with Crippen molar-refractivity contribution in [3.63, 3.8) is 0 Å². The van der Waals surface area contributed by atoms with Gasteiger partial charge in [0.15, 0.2) is 0 Å². The maximum absolute atomic E-state index is 11.9. The molecule has 19 heavy (non-hydrogen) atoms. The Hall–Kier alpha value is -1.06. The average Bonchev–Trinajstić information content (AvgIpc) is 2.45. The van der Waals surface area contributed by atoms with E-state index in [2.05, 4.69) is 5.32 Å². The summed E-state index contributed by atoms with van der Waals surface area (Å²) in [5, 5.41) is 3.46. The van der Waals surface area contributed by atoms with Crippen LogP contribution in [0.15, 0.2) is 24.3 Å². The summed E-state index contributed by atoms with van der Waals surface area (Å²) < 4.78 is 0. The normalized spacial score (nSPS) is 16.3. The summed E-state index contributed by atoms with van der Waals surface area (Å²) in [6.45, 7) is 4.47. The van der Waals surface area contributed by atoms with Gasteiger partial charge in [0.25, 0.3) is 5.91 Å². The number of halogens is 1. The molecule has 1 heterocycles. The van der Waals surface area contributed by atoms with Gasteiger partial charge in [0.05, 0.1) is 30.2 Å². The SMILES string of the molecule is O=C(NCCC[NH+]1CCCCC1)c1ccccc1Cl. The van der Waals surface area contributed by atoms with Crippen LogP contribution in [0.4, 0.5) is 0 Å². The number of nitrogens with one attached hydrogen (secondary N) is 2. The van der Waals surface area contributed by atoms with Crippen molar-refractivity contribution in [3.05, 3.63) is 34.9 Å². The van der Waals surface area contributed by atoms with E-state index in [1.807, 2.05) is 12.1 Å². The monoisotopic (exact) mass is 281 g/mol. The first-order chi connectivity index (χ1) is 9.27. The largest absolute Gasteiger partial charge is 0.352 e. The topological polar surface area (TPSA) is 33.5 Å². The van der Waals surface area contributed by atoms with Crippen LogP contribution in [0.25, 0.3) is 0 Å². The molecular weight excluding hydrogens is 260 g/mol. The molecule has 0 atom stereocenters. The second kappa shape index (κ2) is 7.51. The van der Waals surface area contributed by atoms with Crippen molar-refractivity contribution >= 4 is 17.5 Å². The summed E-state index contributed by atoms with van der Waals surface area (Å²) in [4.78, 5) is 13.6. The highest BCUT2D eigenvalue weighted by molar-refractivity contribution is 6.33. The van der Waals surface area contributed by atoms with E-state index < -0.39 is 0 Å². The third kappa shape index (κ3) is 4.51. The molecule has 0 aromatic heterocycles. The van der Waals surface area contributed by atoms with E-state index in [-0.39, 0.29) is 5.91 Å². The zero-order valence-electron chi connectivity index (χ0n) is 11.3. The quantitative estimate of drug-likeness (QED) is 0.789. The first-order valence-electron chi connectivity index (χ1n) is 7.13. The second-order valence-electron chi connectivity index (χ2n) is 5.15. The van der Waals surface area contributed by atoms with Crippen LogP contribution < -0.4 is 10.2 Å². The molecule has 1 aliphatic heterocycles. The van der Waals surface area contributed by atoms with Gasteiger partial charge in [0.1, 0.15) is 0 Å². The molecule has 2 rings (SSSR count). The van der Waals surface area contributed by atoms with Crippen molar-refractivity contribution < 1.29 is 9.69 Å². The first-order valence-corrected chi connectivity index (χ1v) is 7.51. The number of hydrogen-bond acceptors (Lipinski definition) is 1. The highest BCUT2D eigenvalue weighted by Crippen LogP contribution is 2.14. The van der Waals surface area contributed by atoms with Crippen LogP contribution in [0, 0.1) is 0 Å². The number of likely N-dealkylation sites (tertiary alicyclic amines) is 1. The number of hydrogen-bond donors (Lipinski definition) is 2. The number of quaternary nitrogens is 1. The lowest BCUT2D eigenvalue weighted by atomic mass is 10.1. The van der Waals surface area contributed by atoms with E-state index in [1.54, 1.807) is 17.0 Å². The Morgan fingerprint density at radius 2 is 1.95 bits per heavy atom. The van der Waals surface area contributed by atoms with Crippen molar-refractivity contribution in [2.45, 2.75) is 25.7 Å². The van der Waals surface area contributed by atoms with E-state index in [1.165, 1.54) is 32.4 Å². The van der Waals surface area contributed by atoms with Crippen molar-refractivity contribution in [1.29, 1.82) is 0 Å². The van der Waals surface area contributed by atoms with E-state index >= 15 is 0 Å². The third-order valence-corrected chi connectivity index (χ3v) is 4.00. The number of amides is 1. The maximum atomic E-state index is 11.9. The van der Waals surface area contributed by atoms with Gasteiger partial charge in [-0.2, -0.15) is 0 Å².